The number of nitrogens with two attached hydrogens (primary N) is 1. The molecule has 0 aliphatic heterocycles. The van der Waals surface area contributed by atoms with Gasteiger partial charge in [0.2, 0.25) is 11.1 Å². The van der Waals surface area contributed by atoms with Crippen molar-refractivity contribution in [3.05, 3.63) is 28.2 Å². The minimum atomic E-state index is -0.714. The van der Waals surface area contributed by atoms with E-state index >= 15 is 0 Å². The molecule has 1 amide bonds. The first-order chi connectivity index (χ1) is 13.4. The van der Waals surface area contributed by atoms with Crippen LogP contribution in [0.2, 0.25) is 10.0 Å². The van der Waals surface area contributed by atoms with Gasteiger partial charge in [-0.3, -0.25) is 4.79 Å². The van der Waals surface area contributed by atoms with E-state index in [-0.39, 0.29) is 11.7 Å². The van der Waals surface area contributed by atoms with Crippen molar-refractivity contribution in [2.75, 3.05) is 18.6 Å². The number of amides is 1. The summed E-state index contributed by atoms with van der Waals surface area (Å²) in [7, 11) is 1.70. The summed E-state index contributed by atoms with van der Waals surface area (Å²) in [5.74, 6) is 6.46. The number of carbonyl (C=O) groups excluding carboxylic acids is 1. The van der Waals surface area contributed by atoms with Gasteiger partial charge in [-0.25, -0.2) is 4.68 Å². The maximum absolute atomic E-state index is 12.7. The van der Waals surface area contributed by atoms with Crippen LogP contribution in [-0.4, -0.2) is 44.0 Å². The monoisotopic (exact) mass is 438 g/mol. The molecule has 0 saturated heterocycles. The lowest BCUT2D eigenvalue weighted by molar-refractivity contribution is -0.131. The average molecular weight is 439 g/mol. The Morgan fingerprint density at radius 2 is 2.07 bits per heavy atom. The van der Waals surface area contributed by atoms with E-state index in [1.807, 2.05) is 0 Å². The van der Waals surface area contributed by atoms with E-state index in [1.54, 1.807) is 30.1 Å². The van der Waals surface area contributed by atoms with Gasteiger partial charge in [-0.15, -0.1) is 10.2 Å². The third kappa shape index (κ3) is 4.07. The number of halogens is 2. The Labute approximate surface area is 177 Å². The summed E-state index contributed by atoms with van der Waals surface area (Å²) < 4.78 is 1.30. The number of benzene rings is 1. The van der Waals surface area contributed by atoms with Crippen molar-refractivity contribution in [1.29, 1.82) is 5.26 Å². The first-order valence-corrected chi connectivity index (χ1v) is 10.6. The van der Waals surface area contributed by atoms with Gasteiger partial charge in [0.15, 0.2) is 5.82 Å². The third-order valence-electron chi connectivity index (χ3n) is 5.07. The molecule has 148 valence electrons. The van der Waals surface area contributed by atoms with Crippen LogP contribution in [0.15, 0.2) is 23.4 Å². The molecule has 1 aromatic heterocycles. The largest absolute Gasteiger partial charge is 0.335 e. The summed E-state index contributed by atoms with van der Waals surface area (Å²) in [6, 6.07) is 7.36. The fourth-order valence-electron chi connectivity index (χ4n) is 3.35. The molecule has 0 bridgehead atoms. The predicted octanol–water partition coefficient (Wildman–Crippen LogP) is 3.74. The van der Waals surface area contributed by atoms with Crippen LogP contribution in [0.25, 0.3) is 11.4 Å². The summed E-state index contributed by atoms with van der Waals surface area (Å²) >= 11 is 13.3. The molecule has 0 atom stereocenters. The van der Waals surface area contributed by atoms with Crippen LogP contribution in [0.4, 0.5) is 0 Å². The number of hydrogen-bond acceptors (Lipinski definition) is 6. The lowest BCUT2D eigenvalue weighted by atomic mass is 9.81. The van der Waals surface area contributed by atoms with Crippen molar-refractivity contribution in [3.8, 4) is 17.5 Å². The molecule has 28 heavy (non-hydrogen) atoms. The standard InChI is InChI=1S/C18H20Cl2N6OS/c1-25(18(11-21)7-3-2-4-8-18)15(27)10-28-17-24-23-16(26(17)22)13-6-5-12(19)9-14(13)20/h5-6,9H,2-4,7-8,10,22H2,1H3. The van der Waals surface area contributed by atoms with Crippen molar-refractivity contribution in [1.82, 2.24) is 19.8 Å². The number of nitrogens with zero attached hydrogens (tertiary/aromatic N) is 5. The first-order valence-electron chi connectivity index (χ1n) is 8.84. The molecule has 1 saturated carbocycles. The molecule has 1 aromatic carbocycles. The van der Waals surface area contributed by atoms with Gasteiger partial charge in [-0.1, -0.05) is 54.2 Å². The van der Waals surface area contributed by atoms with E-state index in [2.05, 4.69) is 16.3 Å². The second-order valence-corrected chi connectivity index (χ2v) is 8.53. The molecular weight excluding hydrogens is 419 g/mol. The van der Waals surface area contributed by atoms with Gasteiger partial charge in [-0.2, -0.15) is 5.26 Å². The number of hydrogen-bond donors (Lipinski definition) is 1. The van der Waals surface area contributed by atoms with E-state index in [0.717, 1.165) is 19.3 Å². The van der Waals surface area contributed by atoms with Crippen LogP contribution < -0.4 is 5.84 Å². The van der Waals surface area contributed by atoms with Crippen LogP contribution in [0.3, 0.4) is 0 Å². The minimum absolute atomic E-state index is 0.115. The fourth-order valence-corrected chi connectivity index (χ4v) is 4.61. The van der Waals surface area contributed by atoms with E-state index in [1.165, 1.54) is 16.4 Å². The van der Waals surface area contributed by atoms with Gasteiger partial charge in [0.05, 0.1) is 16.8 Å². The number of carbonyl (C=O) groups is 1. The average Bonchev–Trinajstić information content (AvgIpc) is 3.06. The highest BCUT2D eigenvalue weighted by Crippen LogP contribution is 2.33. The van der Waals surface area contributed by atoms with Gasteiger partial charge in [0.1, 0.15) is 5.54 Å². The topological polar surface area (TPSA) is 101 Å². The highest BCUT2D eigenvalue weighted by Gasteiger charge is 2.38. The molecule has 3 rings (SSSR count). The van der Waals surface area contributed by atoms with Crippen LogP contribution >= 0.6 is 35.0 Å². The summed E-state index contributed by atoms with van der Waals surface area (Å²) in [5, 5.41) is 19.1. The Morgan fingerprint density at radius 3 is 2.71 bits per heavy atom. The van der Waals surface area contributed by atoms with Gasteiger partial charge in [0, 0.05) is 17.6 Å². The van der Waals surface area contributed by atoms with Gasteiger partial charge < -0.3 is 10.7 Å². The highest BCUT2D eigenvalue weighted by atomic mass is 35.5. The van der Waals surface area contributed by atoms with E-state index < -0.39 is 5.54 Å². The van der Waals surface area contributed by atoms with E-state index in [0.29, 0.717) is 39.4 Å². The predicted molar refractivity (Wildman–Crippen MR) is 111 cm³/mol. The quantitative estimate of drug-likeness (QED) is 0.563. The Bertz CT molecular complexity index is 919. The van der Waals surface area contributed by atoms with Crippen LogP contribution in [0.5, 0.6) is 0 Å². The summed E-state index contributed by atoms with van der Waals surface area (Å²) in [4.78, 5) is 14.3. The molecule has 0 unspecified atom stereocenters. The molecule has 1 heterocycles. The Kier molecular flexibility index (Phi) is 6.38. The van der Waals surface area contributed by atoms with Crippen molar-refractivity contribution >= 4 is 40.9 Å². The maximum atomic E-state index is 12.7. The number of nitrogen functional groups attached to an aromatic ring is 1. The number of thioether (sulfide) groups is 1. The smallest absolute Gasteiger partial charge is 0.234 e. The van der Waals surface area contributed by atoms with Crippen molar-refractivity contribution < 1.29 is 4.79 Å². The highest BCUT2D eigenvalue weighted by molar-refractivity contribution is 7.99. The van der Waals surface area contributed by atoms with Crippen LogP contribution in [0, 0.1) is 11.3 Å². The second kappa shape index (κ2) is 8.60. The lowest BCUT2D eigenvalue weighted by Crippen LogP contribution is -2.50. The SMILES string of the molecule is CN(C(=O)CSc1nnc(-c2ccc(Cl)cc2Cl)n1N)C1(C#N)CCCCC1. The first kappa shape index (κ1) is 20.8. The van der Waals surface area contributed by atoms with Crippen molar-refractivity contribution in [2.45, 2.75) is 42.8 Å². The molecular formula is C18H20Cl2N6OS. The molecule has 1 fully saturated rings. The molecule has 2 N–H and O–H groups in total. The Hall–Kier alpha value is -1.95. The zero-order valence-electron chi connectivity index (χ0n) is 15.4. The third-order valence-corrected chi connectivity index (χ3v) is 6.54. The molecule has 10 heteroatoms. The minimum Gasteiger partial charge on any atom is -0.335 e. The summed E-state index contributed by atoms with van der Waals surface area (Å²) in [6.45, 7) is 0. The van der Waals surface area contributed by atoms with E-state index in [4.69, 9.17) is 29.0 Å². The van der Waals surface area contributed by atoms with Crippen LogP contribution in [-0.2, 0) is 4.79 Å². The molecule has 0 spiro atoms. The normalized spacial score (nSPS) is 15.8. The number of aromatic nitrogens is 3. The zero-order chi connectivity index (χ0) is 20.3. The molecule has 1 aliphatic carbocycles. The molecule has 1 aliphatic rings. The van der Waals surface area contributed by atoms with Gasteiger partial charge in [0.25, 0.3) is 0 Å². The van der Waals surface area contributed by atoms with E-state index in [9.17, 15) is 10.1 Å². The van der Waals surface area contributed by atoms with Crippen molar-refractivity contribution in [2.24, 2.45) is 0 Å². The second-order valence-electron chi connectivity index (χ2n) is 6.75. The number of nitriles is 1. The molecule has 2 aromatic rings. The van der Waals surface area contributed by atoms with Gasteiger partial charge >= 0.3 is 0 Å². The zero-order valence-corrected chi connectivity index (χ0v) is 17.7. The molecule has 0 radical (unpaired) electrons. The summed E-state index contributed by atoms with van der Waals surface area (Å²) in [5.41, 5.74) is -0.115. The lowest BCUT2D eigenvalue weighted by Gasteiger charge is -2.39. The fraction of sp³-hybridized carbons (Fsp3) is 0.444. The summed E-state index contributed by atoms with van der Waals surface area (Å²) in [6.07, 6.45) is 4.44. The maximum Gasteiger partial charge on any atom is 0.234 e. The molecule has 7 nitrogen and oxygen atoms in total. The Balaban J connectivity index is 1.70. The van der Waals surface area contributed by atoms with Gasteiger partial charge in [-0.05, 0) is 31.0 Å². The van der Waals surface area contributed by atoms with Crippen LogP contribution in [0.1, 0.15) is 32.1 Å². The number of rotatable bonds is 5. The van der Waals surface area contributed by atoms with Crippen molar-refractivity contribution in [3.63, 3.8) is 0 Å². The Morgan fingerprint density at radius 1 is 1.36 bits per heavy atom.